The lowest BCUT2D eigenvalue weighted by atomic mass is 10.1. The van der Waals surface area contributed by atoms with E-state index in [1.165, 1.54) is 103 Å². The smallest absolute Gasteiger partial charge is 0.462 e. The molecule has 0 fully saturated rings. The van der Waals surface area contributed by atoms with Crippen LogP contribution in [0.5, 0.6) is 0 Å². The van der Waals surface area contributed by atoms with Gasteiger partial charge in [-0.2, -0.15) is 0 Å². The van der Waals surface area contributed by atoms with Crippen molar-refractivity contribution in [2.45, 2.75) is 194 Å². The van der Waals surface area contributed by atoms with Gasteiger partial charge in [0.25, 0.3) is 0 Å². The van der Waals surface area contributed by atoms with Gasteiger partial charge < -0.3 is 14.4 Å². The van der Waals surface area contributed by atoms with Gasteiger partial charge in [-0.25, -0.2) is 4.57 Å². The second-order valence-electron chi connectivity index (χ2n) is 13.0. The first-order valence-corrected chi connectivity index (χ1v) is 21.1. The molecule has 0 amide bonds. The standard InChI is InChI=1S/C39H73O8P/c1-4-7-9-11-13-15-16-17-18-19-20-21-22-23-24-26-28-30-32-34-39(41)47-37(36-46-48(42,43)45-6-3)35-44-38(40)33-31-29-27-25-14-12-10-8-5-2/h13,15,17-18,37H,4-12,14,16,19-36H2,1-3H3,(H,42,43)/b15-13-,18-17-. The van der Waals surface area contributed by atoms with Crippen molar-refractivity contribution in [2.24, 2.45) is 0 Å². The molecule has 0 radical (unpaired) electrons. The minimum atomic E-state index is -4.27. The molecule has 2 atom stereocenters. The van der Waals surface area contributed by atoms with Gasteiger partial charge in [0, 0.05) is 12.8 Å². The van der Waals surface area contributed by atoms with Crippen LogP contribution in [0.3, 0.4) is 0 Å². The van der Waals surface area contributed by atoms with E-state index in [1.54, 1.807) is 6.92 Å². The summed E-state index contributed by atoms with van der Waals surface area (Å²) in [4.78, 5) is 34.5. The predicted molar refractivity (Wildman–Crippen MR) is 198 cm³/mol. The highest BCUT2D eigenvalue weighted by Crippen LogP contribution is 2.43. The van der Waals surface area contributed by atoms with Crippen molar-refractivity contribution in [1.29, 1.82) is 0 Å². The predicted octanol–water partition coefficient (Wildman–Crippen LogP) is 11.9. The van der Waals surface area contributed by atoms with Gasteiger partial charge in [0.15, 0.2) is 6.10 Å². The summed E-state index contributed by atoms with van der Waals surface area (Å²) >= 11 is 0. The van der Waals surface area contributed by atoms with Crippen LogP contribution in [0.2, 0.25) is 0 Å². The molecule has 282 valence electrons. The van der Waals surface area contributed by atoms with Gasteiger partial charge in [-0.1, -0.05) is 147 Å². The van der Waals surface area contributed by atoms with Crippen LogP contribution in [0, 0.1) is 0 Å². The first-order chi connectivity index (χ1) is 23.3. The first-order valence-electron chi connectivity index (χ1n) is 19.6. The SMILES string of the molecule is CCCCC/C=C\C/C=C\CCCCCCCCCCCC(=O)OC(COC(=O)CCCCCCCCCCC)COP(=O)(O)OCC. The Bertz CT molecular complexity index is 844. The van der Waals surface area contributed by atoms with Gasteiger partial charge in [0.1, 0.15) is 6.61 Å². The molecule has 2 unspecified atom stereocenters. The molecule has 0 aromatic carbocycles. The van der Waals surface area contributed by atoms with Gasteiger partial charge in [-0.15, -0.1) is 0 Å². The molecule has 8 nitrogen and oxygen atoms in total. The maximum Gasteiger partial charge on any atom is 0.472 e. The lowest BCUT2D eigenvalue weighted by Crippen LogP contribution is -2.29. The zero-order chi connectivity index (χ0) is 35.4. The summed E-state index contributed by atoms with van der Waals surface area (Å²) < 4.78 is 32.5. The van der Waals surface area contributed by atoms with Gasteiger partial charge in [0.05, 0.1) is 13.2 Å². The Morgan fingerprint density at radius 1 is 0.562 bits per heavy atom. The molecule has 0 heterocycles. The summed E-state index contributed by atoms with van der Waals surface area (Å²) in [5.74, 6) is -0.802. The van der Waals surface area contributed by atoms with E-state index in [1.807, 2.05) is 0 Å². The highest BCUT2D eigenvalue weighted by atomic mass is 31.2. The van der Waals surface area contributed by atoms with Crippen LogP contribution < -0.4 is 0 Å². The van der Waals surface area contributed by atoms with E-state index in [0.717, 1.165) is 44.9 Å². The number of ether oxygens (including phenoxy) is 2. The number of unbranched alkanes of at least 4 members (excludes halogenated alkanes) is 20. The molecule has 0 aliphatic heterocycles. The maximum atomic E-state index is 12.5. The lowest BCUT2D eigenvalue weighted by molar-refractivity contribution is -0.161. The number of carbonyl (C=O) groups is 2. The van der Waals surface area contributed by atoms with Gasteiger partial charge in [0.2, 0.25) is 0 Å². The van der Waals surface area contributed by atoms with Crippen molar-refractivity contribution >= 4 is 19.8 Å². The molecule has 0 aromatic heterocycles. The number of hydrogen-bond donors (Lipinski definition) is 1. The number of phosphoric acid groups is 1. The minimum absolute atomic E-state index is 0.00112. The van der Waals surface area contributed by atoms with Crippen molar-refractivity contribution in [3.63, 3.8) is 0 Å². The van der Waals surface area contributed by atoms with E-state index in [-0.39, 0.29) is 25.6 Å². The molecule has 48 heavy (non-hydrogen) atoms. The molecule has 0 aliphatic rings. The Morgan fingerprint density at radius 3 is 1.52 bits per heavy atom. The van der Waals surface area contributed by atoms with Gasteiger partial charge >= 0.3 is 19.8 Å². The van der Waals surface area contributed by atoms with Crippen molar-refractivity contribution in [2.75, 3.05) is 19.8 Å². The Kier molecular flexibility index (Phi) is 34.3. The Labute approximate surface area is 294 Å². The third-order valence-electron chi connectivity index (χ3n) is 8.26. The normalized spacial score (nSPS) is 13.7. The van der Waals surface area contributed by atoms with Crippen molar-refractivity contribution in [3.8, 4) is 0 Å². The highest BCUT2D eigenvalue weighted by Gasteiger charge is 2.25. The topological polar surface area (TPSA) is 108 Å². The summed E-state index contributed by atoms with van der Waals surface area (Å²) in [6.07, 6.45) is 36.6. The summed E-state index contributed by atoms with van der Waals surface area (Å²) in [6, 6.07) is 0. The van der Waals surface area contributed by atoms with E-state index in [4.69, 9.17) is 18.5 Å². The molecule has 0 saturated carbocycles. The summed E-state index contributed by atoms with van der Waals surface area (Å²) in [7, 11) is -4.27. The molecular weight excluding hydrogens is 627 g/mol. The quantitative estimate of drug-likeness (QED) is 0.0298. The zero-order valence-electron chi connectivity index (χ0n) is 31.1. The molecule has 1 N–H and O–H groups in total. The van der Waals surface area contributed by atoms with Crippen molar-refractivity contribution in [1.82, 2.24) is 0 Å². The average Bonchev–Trinajstić information content (AvgIpc) is 3.06. The fraction of sp³-hybridized carbons (Fsp3) is 0.846. The van der Waals surface area contributed by atoms with Crippen LogP contribution in [-0.2, 0) is 32.7 Å². The number of hydrogen-bond acceptors (Lipinski definition) is 7. The van der Waals surface area contributed by atoms with Crippen LogP contribution in [0.1, 0.15) is 188 Å². The van der Waals surface area contributed by atoms with Crippen LogP contribution >= 0.6 is 7.82 Å². The first kappa shape index (κ1) is 46.5. The summed E-state index contributed by atoms with van der Waals surface area (Å²) in [6.45, 7) is 5.42. The second kappa shape index (κ2) is 35.4. The van der Waals surface area contributed by atoms with E-state index in [2.05, 4.69) is 38.2 Å². The Balaban J connectivity index is 4.07. The average molecular weight is 701 g/mol. The number of allylic oxidation sites excluding steroid dienone is 4. The van der Waals surface area contributed by atoms with E-state index in [9.17, 15) is 19.0 Å². The van der Waals surface area contributed by atoms with Crippen molar-refractivity contribution in [3.05, 3.63) is 24.3 Å². The molecule has 0 bridgehead atoms. The number of carbonyl (C=O) groups excluding carboxylic acids is 2. The van der Waals surface area contributed by atoms with Crippen molar-refractivity contribution < 1.29 is 37.6 Å². The van der Waals surface area contributed by atoms with Crippen LogP contribution in [0.25, 0.3) is 0 Å². The molecule has 0 rings (SSSR count). The molecular formula is C39H73O8P. The molecule has 9 heteroatoms. The highest BCUT2D eigenvalue weighted by molar-refractivity contribution is 7.47. The molecule has 0 saturated heterocycles. The number of phosphoric ester groups is 1. The number of rotatable bonds is 36. The van der Waals surface area contributed by atoms with Crippen LogP contribution in [0.15, 0.2) is 24.3 Å². The van der Waals surface area contributed by atoms with Crippen LogP contribution in [0.4, 0.5) is 0 Å². The number of esters is 2. The molecule has 0 spiro atoms. The molecule has 0 aromatic rings. The summed E-state index contributed by atoms with van der Waals surface area (Å²) in [5.41, 5.74) is 0. The Hall–Kier alpha value is -1.47. The fourth-order valence-corrected chi connectivity index (χ4v) is 6.12. The minimum Gasteiger partial charge on any atom is -0.462 e. The fourth-order valence-electron chi connectivity index (χ4n) is 5.36. The third-order valence-corrected chi connectivity index (χ3v) is 9.32. The monoisotopic (exact) mass is 701 g/mol. The largest absolute Gasteiger partial charge is 0.472 e. The molecule has 0 aliphatic carbocycles. The zero-order valence-corrected chi connectivity index (χ0v) is 32.0. The summed E-state index contributed by atoms with van der Waals surface area (Å²) in [5, 5.41) is 0. The van der Waals surface area contributed by atoms with Gasteiger partial charge in [-0.3, -0.25) is 18.6 Å². The van der Waals surface area contributed by atoms with Crippen LogP contribution in [-0.4, -0.2) is 42.8 Å². The Morgan fingerprint density at radius 2 is 1.00 bits per heavy atom. The van der Waals surface area contributed by atoms with E-state index >= 15 is 0 Å². The van der Waals surface area contributed by atoms with E-state index in [0.29, 0.717) is 12.8 Å². The third kappa shape index (κ3) is 34.4. The van der Waals surface area contributed by atoms with Gasteiger partial charge in [-0.05, 0) is 51.9 Å². The second-order valence-corrected chi connectivity index (χ2v) is 14.4. The maximum absolute atomic E-state index is 12.5. The lowest BCUT2D eigenvalue weighted by Gasteiger charge is -2.19. The van der Waals surface area contributed by atoms with E-state index < -0.39 is 26.5 Å².